The SMILES string of the molecule is OC1CCCCN1c1ccc(Br)nc1. The smallest absolute Gasteiger partial charge is 0.126 e. The number of piperidine rings is 1. The number of anilines is 1. The maximum atomic E-state index is 9.78. The van der Waals surface area contributed by atoms with Gasteiger partial charge in [0.1, 0.15) is 10.8 Å². The quantitative estimate of drug-likeness (QED) is 0.783. The summed E-state index contributed by atoms with van der Waals surface area (Å²) in [6.45, 7) is 0.921. The molecule has 1 aromatic heterocycles. The number of nitrogens with zero attached hydrogens (tertiary/aromatic N) is 2. The van der Waals surface area contributed by atoms with E-state index in [9.17, 15) is 5.11 Å². The second kappa shape index (κ2) is 4.28. The summed E-state index contributed by atoms with van der Waals surface area (Å²) in [6, 6.07) is 3.88. The first-order valence-corrected chi connectivity index (χ1v) is 5.63. The molecule has 0 amide bonds. The highest BCUT2D eigenvalue weighted by atomic mass is 79.9. The van der Waals surface area contributed by atoms with Crippen LogP contribution in [0.2, 0.25) is 0 Å². The minimum atomic E-state index is -0.341. The Kier molecular flexibility index (Phi) is 3.03. The Morgan fingerprint density at radius 3 is 2.93 bits per heavy atom. The number of rotatable bonds is 1. The van der Waals surface area contributed by atoms with Crippen LogP contribution in [0, 0.1) is 0 Å². The fourth-order valence-electron chi connectivity index (χ4n) is 1.75. The molecule has 2 heterocycles. The molecule has 1 N–H and O–H groups in total. The molecule has 0 aliphatic carbocycles. The van der Waals surface area contributed by atoms with E-state index in [1.54, 1.807) is 6.20 Å². The maximum Gasteiger partial charge on any atom is 0.126 e. The van der Waals surface area contributed by atoms with Gasteiger partial charge in [-0.25, -0.2) is 4.98 Å². The average molecular weight is 257 g/mol. The lowest BCUT2D eigenvalue weighted by Crippen LogP contribution is -2.39. The Balaban J connectivity index is 2.16. The van der Waals surface area contributed by atoms with E-state index < -0.39 is 0 Å². The van der Waals surface area contributed by atoms with E-state index in [1.807, 2.05) is 17.0 Å². The molecule has 2 rings (SSSR count). The van der Waals surface area contributed by atoms with Crippen molar-refractivity contribution in [3.8, 4) is 0 Å². The van der Waals surface area contributed by atoms with Gasteiger partial charge < -0.3 is 10.0 Å². The van der Waals surface area contributed by atoms with Gasteiger partial charge in [0.15, 0.2) is 0 Å². The van der Waals surface area contributed by atoms with Gasteiger partial charge in [0.2, 0.25) is 0 Å². The summed E-state index contributed by atoms with van der Waals surface area (Å²) in [5, 5.41) is 9.78. The van der Waals surface area contributed by atoms with Gasteiger partial charge in [0, 0.05) is 6.54 Å². The zero-order valence-electron chi connectivity index (χ0n) is 7.86. The highest BCUT2D eigenvalue weighted by molar-refractivity contribution is 9.10. The third-order valence-electron chi connectivity index (χ3n) is 2.51. The fraction of sp³-hybridized carbons (Fsp3) is 0.500. The van der Waals surface area contributed by atoms with Gasteiger partial charge in [-0.3, -0.25) is 0 Å². The van der Waals surface area contributed by atoms with E-state index in [0.717, 1.165) is 36.1 Å². The molecule has 1 fully saturated rings. The topological polar surface area (TPSA) is 36.4 Å². The van der Waals surface area contributed by atoms with Crippen LogP contribution in [-0.2, 0) is 0 Å². The molecule has 0 aromatic carbocycles. The summed E-state index contributed by atoms with van der Waals surface area (Å²) >= 11 is 3.29. The molecule has 1 atom stereocenters. The van der Waals surface area contributed by atoms with Gasteiger partial charge in [-0.15, -0.1) is 0 Å². The maximum absolute atomic E-state index is 9.78. The van der Waals surface area contributed by atoms with E-state index >= 15 is 0 Å². The van der Waals surface area contributed by atoms with Crippen molar-refractivity contribution in [1.82, 2.24) is 4.98 Å². The number of aliphatic hydroxyl groups excluding tert-OH is 1. The van der Waals surface area contributed by atoms with Crippen LogP contribution in [0.1, 0.15) is 19.3 Å². The fourth-order valence-corrected chi connectivity index (χ4v) is 1.99. The minimum Gasteiger partial charge on any atom is -0.374 e. The van der Waals surface area contributed by atoms with Gasteiger partial charge in [-0.1, -0.05) is 0 Å². The molecule has 0 spiro atoms. The van der Waals surface area contributed by atoms with Crippen LogP contribution >= 0.6 is 15.9 Å². The van der Waals surface area contributed by atoms with Crippen molar-refractivity contribution in [3.63, 3.8) is 0 Å². The molecule has 14 heavy (non-hydrogen) atoms. The Morgan fingerprint density at radius 2 is 2.29 bits per heavy atom. The number of halogens is 1. The average Bonchev–Trinajstić information content (AvgIpc) is 2.20. The lowest BCUT2D eigenvalue weighted by atomic mass is 10.1. The van der Waals surface area contributed by atoms with Gasteiger partial charge in [0.05, 0.1) is 11.9 Å². The van der Waals surface area contributed by atoms with Gasteiger partial charge in [-0.05, 0) is 47.3 Å². The highest BCUT2D eigenvalue weighted by Gasteiger charge is 2.19. The van der Waals surface area contributed by atoms with Crippen LogP contribution in [0.15, 0.2) is 22.9 Å². The van der Waals surface area contributed by atoms with Gasteiger partial charge in [-0.2, -0.15) is 0 Å². The molecular formula is C10H13BrN2O. The molecule has 0 saturated carbocycles. The Morgan fingerprint density at radius 1 is 1.43 bits per heavy atom. The summed E-state index contributed by atoms with van der Waals surface area (Å²) in [5.74, 6) is 0. The summed E-state index contributed by atoms with van der Waals surface area (Å²) in [7, 11) is 0. The van der Waals surface area contributed by atoms with Crippen LogP contribution in [0.3, 0.4) is 0 Å². The Bertz CT molecular complexity index is 301. The lowest BCUT2D eigenvalue weighted by Gasteiger charge is -2.33. The lowest BCUT2D eigenvalue weighted by molar-refractivity contribution is 0.140. The Labute approximate surface area is 91.9 Å². The third-order valence-corrected chi connectivity index (χ3v) is 2.98. The molecule has 1 saturated heterocycles. The summed E-state index contributed by atoms with van der Waals surface area (Å²) in [4.78, 5) is 6.16. The van der Waals surface area contributed by atoms with Crippen molar-refractivity contribution >= 4 is 21.6 Å². The molecule has 3 nitrogen and oxygen atoms in total. The van der Waals surface area contributed by atoms with Crippen LogP contribution in [-0.4, -0.2) is 22.9 Å². The highest BCUT2D eigenvalue weighted by Crippen LogP contribution is 2.23. The van der Waals surface area contributed by atoms with Crippen LogP contribution in [0.25, 0.3) is 0 Å². The van der Waals surface area contributed by atoms with Crippen molar-refractivity contribution < 1.29 is 5.11 Å². The summed E-state index contributed by atoms with van der Waals surface area (Å²) in [6.07, 6.45) is 4.57. The van der Waals surface area contributed by atoms with Crippen LogP contribution in [0.4, 0.5) is 5.69 Å². The first-order chi connectivity index (χ1) is 6.77. The number of aliphatic hydroxyl groups is 1. The summed E-state index contributed by atoms with van der Waals surface area (Å²) < 4.78 is 0.827. The van der Waals surface area contributed by atoms with Crippen molar-refractivity contribution in [2.75, 3.05) is 11.4 Å². The molecule has 1 aromatic rings. The van der Waals surface area contributed by atoms with Gasteiger partial charge in [0.25, 0.3) is 0 Å². The largest absolute Gasteiger partial charge is 0.374 e. The first-order valence-electron chi connectivity index (χ1n) is 4.83. The van der Waals surface area contributed by atoms with E-state index in [2.05, 4.69) is 20.9 Å². The monoisotopic (exact) mass is 256 g/mol. The van der Waals surface area contributed by atoms with E-state index in [0.29, 0.717) is 0 Å². The predicted octanol–water partition coefficient (Wildman–Crippen LogP) is 2.15. The second-order valence-electron chi connectivity index (χ2n) is 3.51. The van der Waals surface area contributed by atoms with Crippen molar-refractivity contribution in [3.05, 3.63) is 22.9 Å². The number of pyridine rings is 1. The zero-order chi connectivity index (χ0) is 9.97. The molecular weight excluding hydrogens is 244 g/mol. The minimum absolute atomic E-state index is 0.341. The molecule has 1 aliphatic rings. The molecule has 4 heteroatoms. The summed E-state index contributed by atoms with van der Waals surface area (Å²) in [5.41, 5.74) is 1.00. The number of hydrogen-bond acceptors (Lipinski definition) is 3. The normalized spacial score (nSPS) is 22.4. The predicted molar refractivity (Wildman–Crippen MR) is 59.1 cm³/mol. The standard InChI is InChI=1S/C10H13BrN2O/c11-9-5-4-8(7-12-9)13-6-2-1-3-10(13)14/h4-5,7,10,14H,1-3,6H2. The van der Waals surface area contributed by atoms with Crippen LogP contribution < -0.4 is 4.90 Å². The van der Waals surface area contributed by atoms with Crippen LogP contribution in [0.5, 0.6) is 0 Å². The van der Waals surface area contributed by atoms with E-state index in [1.165, 1.54) is 0 Å². The van der Waals surface area contributed by atoms with Crippen molar-refractivity contribution in [2.24, 2.45) is 0 Å². The molecule has 0 radical (unpaired) electrons. The molecule has 1 unspecified atom stereocenters. The molecule has 1 aliphatic heterocycles. The van der Waals surface area contributed by atoms with E-state index in [-0.39, 0.29) is 6.23 Å². The van der Waals surface area contributed by atoms with Crippen molar-refractivity contribution in [1.29, 1.82) is 0 Å². The third kappa shape index (κ3) is 2.07. The molecule has 0 bridgehead atoms. The number of aromatic nitrogens is 1. The second-order valence-corrected chi connectivity index (χ2v) is 4.32. The molecule has 76 valence electrons. The van der Waals surface area contributed by atoms with E-state index in [4.69, 9.17) is 0 Å². The Hall–Kier alpha value is -0.610. The van der Waals surface area contributed by atoms with Crippen molar-refractivity contribution in [2.45, 2.75) is 25.5 Å². The first kappa shape index (κ1) is 9.93. The number of hydrogen-bond donors (Lipinski definition) is 1. The zero-order valence-corrected chi connectivity index (χ0v) is 9.44. The van der Waals surface area contributed by atoms with Gasteiger partial charge >= 0.3 is 0 Å².